The van der Waals surface area contributed by atoms with Crippen LogP contribution in [0.4, 0.5) is 0 Å². The molecule has 0 aliphatic rings. The van der Waals surface area contributed by atoms with Gasteiger partial charge in [-0.05, 0) is 43.3 Å². The zero-order chi connectivity index (χ0) is 16.6. The van der Waals surface area contributed by atoms with Crippen LogP contribution in [0.3, 0.4) is 0 Å². The van der Waals surface area contributed by atoms with Crippen molar-refractivity contribution in [3.05, 3.63) is 72.6 Å². The summed E-state index contributed by atoms with van der Waals surface area (Å²) in [6.45, 7) is 1.39. The highest BCUT2D eigenvalue weighted by Gasteiger charge is 2.08. The van der Waals surface area contributed by atoms with Crippen LogP contribution in [0, 0.1) is 0 Å². The van der Waals surface area contributed by atoms with E-state index >= 15 is 0 Å². The molecule has 1 aromatic carbocycles. The van der Waals surface area contributed by atoms with Crippen LogP contribution in [0.1, 0.15) is 12.0 Å². The van der Waals surface area contributed by atoms with E-state index in [1.54, 1.807) is 12.4 Å². The molecule has 0 unspecified atom stereocenters. The van der Waals surface area contributed by atoms with Gasteiger partial charge in [0.15, 0.2) is 0 Å². The van der Waals surface area contributed by atoms with E-state index in [0.29, 0.717) is 6.54 Å². The fourth-order valence-corrected chi connectivity index (χ4v) is 2.45. The number of pyridine rings is 2. The van der Waals surface area contributed by atoms with Crippen LogP contribution in [-0.2, 0) is 0 Å². The van der Waals surface area contributed by atoms with Gasteiger partial charge in [0.05, 0.1) is 11.4 Å². The van der Waals surface area contributed by atoms with Gasteiger partial charge in [0, 0.05) is 41.8 Å². The minimum Gasteiger partial charge on any atom is -0.330 e. The summed E-state index contributed by atoms with van der Waals surface area (Å²) in [5.74, 6) is 0. The predicted molar refractivity (Wildman–Crippen MR) is 99.0 cm³/mol. The summed E-state index contributed by atoms with van der Waals surface area (Å²) in [6, 6.07) is 18.1. The lowest BCUT2D eigenvalue weighted by Crippen LogP contribution is -2.00. The average molecular weight is 316 g/mol. The van der Waals surface area contributed by atoms with Crippen molar-refractivity contribution in [1.29, 1.82) is 0 Å². The molecule has 2 aromatic heterocycles. The Balaban J connectivity index is 2.01. The van der Waals surface area contributed by atoms with Gasteiger partial charge in [0.1, 0.15) is 0 Å². The first-order chi connectivity index (χ1) is 11.9. The molecule has 24 heavy (non-hydrogen) atoms. The molecule has 0 aliphatic carbocycles. The first-order valence-electron chi connectivity index (χ1n) is 8.05. The van der Waals surface area contributed by atoms with Crippen LogP contribution in [0.15, 0.2) is 72.0 Å². The molecule has 2 N–H and O–H groups in total. The molecule has 3 rings (SSSR count). The van der Waals surface area contributed by atoms with Gasteiger partial charge in [-0.3, -0.25) is 15.0 Å². The Bertz CT molecular complexity index is 798. The number of rotatable bonds is 6. The van der Waals surface area contributed by atoms with Gasteiger partial charge in [0.25, 0.3) is 0 Å². The molecular weight excluding hydrogens is 296 g/mol. The third-order valence-corrected chi connectivity index (χ3v) is 3.68. The predicted octanol–water partition coefficient (Wildman–Crippen LogP) is 3.58. The second-order valence-corrected chi connectivity index (χ2v) is 5.41. The second kappa shape index (κ2) is 8.13. The summed E-state index contributed by atoms with van der Waals surface area (Å²) in [7, 11) is 0. The van der Waals surface area contributed by atoms with Crippen LogP contribution in [-0.4, -0.2) is 29.3 Å². The number of aliphatic imine (C=N–C) groups is 1. The molecule has 120 valence electrons. The van der Waals surface area contributed by atoms with E-state index in [2.05, 4.69) is 33.2 Å². The molecule has 0 bridgehead atoms. The van der Waals surface area contributed by atoms with Gasteiger partial charge in [-0.1, -0.05) is 24.3 Å². The van der Waals surface area contributed by atoms with E-state index in [4.69, 9.17) is 5.73 Å². The molecule has 0 spiro atoms. The Morgan fingerprint density at radius 1 is 0.917 bits per heavy atom. The fourth-order valence-electron chi connectivity index (χ4n) is 2.45. The maximum atomic E-state index is 5.52. The lowest BCUT2D eigenvalue weighted by atomic mass is 9.99. The quantitative estimate of drug-likeness (QED) is 0.558. The van der Waals surface area contributed by atoms with Gasteiger partial charge >= 0.3 is 0 Å². The highest BCUT2D eigenvalue weighted by atomic mass is 14.7. The Labute approximate surface area is 142 Å². The molecule has 0 saturated carbocycles. The standard InChI is InChI=1S/C20H20N4/c21-10-5-11-22-15-17-9-8-16(19-6-1-3-12-23-19)14-18(17)20-7-2-4-13-24-20/h1-4,6-9,12-15H,5,10-11,21H2. The molecule has 0 fully saturated rings. The lowest BCUT2D eigenvalue weighted by molar-refractivity contribution is 0.847. The molecule has 0 aliphatic heterocycles. The summed E-state index contributed by atoms with van der Waals surface area (Å²) in [4.78, 5) is 13.4. The molecule has 4 heteroatoms. The third-order valence-electron chi connectivity index (χ3n) is 3.68. The van der Waals surface area contributed by atoms with E-state index in [1.165, 1.54) is 0 Å². The monoisotopic (exact) mass is 316 g/mol. The molecule has 2 heterocycles. The highest BCUT2D eigenvalue weighted by molar-refractivity contribution is 5.91. The molecular formula is C20H20N4. The summed E-state index contributed by atoms with van der Waals surface area (Å²) < 4.78 is 0. The van der Waals surface area contributed by atoms with Crippen LogP contribution >= 0.6 is 0 Å². The van der Waals surface area contributed by atoms with Crippen molar-refractivity contribution in [2.45, 2.75) is 6.42 Å². The van der Waals surface area contributed by atoms with Gasteiger partial charge < -0.3 is 5.73 Å². The topological polar surface area (TPSA) is 64.2 Å². The van der Waals surface area contributed by atoms with Crippen LogP contribution < -0.4 is 5.73 Å². The summed E-state index contributed by atoms with van der Waals surface area (Å²) in [5.41, 5.74) is 10.6. The molecule has 0 radical (unpaired) electrons. The summed E-state index contributed by atoms with van der Waals surface area (Å²) in [5, 5.41) is 0. The normalized spacial score (nSPS) is 11.0. The van der Waals surface area contributed by atoms with Crippen LogP contribution in [0.2, 0.25) is 0 Å². The molecule has 4 nitrogen and oxygen atoms in total. The molecule has 0 saturated heterocycles. The average Bonchev–Trinajstić information content (AvgIpc) is 2.67. The van der Waals surface area contributed by atoms with Crippen LogP contribution in [0.5, 0.6) is 0 Å². The van der Waals surface area contributed by atoms with Crippen molar-refractivity contribution in [1.82, 2.24) is 9.97 Å². The first kappa shape index (κ1) is 16.0. The maximum absolute atomic E-state index is 5.52. The first-order valence-corrected chi connectivity index (χ1v) is 8.05. The number of hydrogen-bond donors (Lipinski definition) is 1. The number of aromatic nitrogens is 2. The van der Waals surface area contributed by atoms with Crippen molar-refractivity contribution in [2.75, 3.05) is 13.1 Å². The number of nitrogens with two attached hydrogens (primary N) is 1. The molecule has 0 amide bonds. The zero-order valence-electron chi connectivity index (χ0n) is 13.5. The van der Waals surface area contributed by atoms with Gasteiger partial charge in [0.2, 0.25) is 0 Å². The number of hydrogen-bond acceptors (Lipinski definition) is 4. The van der Waals surface area contributed by atoms with Gasteiger partial charge in [-0.2, -0.15) is 0 Å². The third kappa shape index (κ3) is 3.91. The van der Waals surface area contributed by atoms with E-state index in [9.17, 15) is 0 Å². The minimum atomic E-state index is 0.656. The van der Waals surface area contributed by atoms with Crippen molar-refractivity contribution in [3.63, 3.8) is 0 Å². The SMILES string of the molecule is NCCCN=Cc1ccc(-c2ccccn2)cc1-c1ccccn1. The fraction of sp³-hybridized carbons (Fsp3) is 0.150. The van der Waals surface area contributed by atoms with Gasteiger partial charge in [-0.15, -0.1) is 0 Å². The minimum absolute atomic E-state index is 0.656. The Kier molecular flexibility index (Phi) is 5.43. The summed E-state index contributed by atoms with van der Waals surface area (Å²) in [6.07, 6.45) is 6.40. The van der Waals surface area contributed by atoms with Gasteiger partial charge in [-0.25, -0.2) is 0 Å². The Morgan fingerprint density at radius 2 is 1.67 bits per heavy atom. The number of benzene rings is 1. The van der Waals surface area contributed by atoms with E-state index in [0.717, 1.165) is 41.0 Å². The van der Waals surface area contributed by atoms with Crippen molar-refractivity contribution in [2.24, 2.45) is 10.7 Å². The van der Waals surface area contributed by atoms with Crippen molar-refractivity contribution >= 4 is 6.21 Å². The zero-order valence-corrected chi connectivity index (χ0v) is 13.5. The molecule has 3 aromatic rings. The van der Waals surface area contributed by atoms with E-state index in [1.807, 2.05) is 42.6 Å². The number of nitrogens with zero attached hydrogens (tertiary/aromatic N) is 3. The maximum Gasteiger partial charge on any atom is 0.0708 e. The Morgan fingerprint density at radius 3 is 2.33 bits per heavy atom. The Hall–Kier alpha value is -2.85. The van der Waals surface area contributed by atoms with Crippen LogP contribution in [0.25, 0.3) is 22.5 Å². The second-order valence-electron chi connectivity index (χ2n) is 5.41. The van der Waals surface area contributed by atoms with E-state index in [-0.39, 0.29) is 0 Å². The van der Waals surface area contributed by atoms with E-state index < -0.39 is 0 Å². The smallest absolute Gasteiger partial charge is 0.0708 e. The summed E-state index contributed by atoms with van der Waals surface area (Å²) >= 11 is 0. The van der Waals surface area contributed by atoms with Crippen molar-refractivity contribution < 1.29 is 0 Å². The van der Waals surface area contributed by atoms with Crippen molar-refractivity contribution in [3.8, 4) is 22.5 Å². The lowest BCUT2D eigenvalue weighted by Gasteiger charge is -2.09. The largest absolute Gasteiger partial charge is 0.330 e. The highest BCUT2D eigenvalue weighted by Crippen LogP contribution is 2.26. The molecule has 0 atom stereocenters.